The average Bonchev–Trinajstić information content (AvgIpc) is 2.35. The van der Waals surface area contributed by atoms with Gasteiger partial charge in [0.15, 0.2) is 0 Å². The zero-order valence-corrected chi connectivity index (χ0v) is 11.9. The van der Waals surface area contributed by atoms with E-state index in [4.69, 9.17) is 5.26 Å². The Morgan fingerprint density at radius 2 is 2.32 bits per heavy atom. The molecule has 6 nitrogen and oxygen atoms in total. The lowest BCUT2D eigenvalue weighted by Crippen LogP contribution is -2.33. The lowest BCUT2D eigenvalue weighted by molar-refractivity contribution is -0.119. The second-order valence-corrected chi connectivity index (χ2v) is 5.09. The van der Waals surface area contributed by atoms with Gasteiger partial charge in [0, 0.05) is 11.7 Å². The first-order chi connectivity index (χ1) is 8.97. The summed E-state index contributed by atoms with van der Waals surface area (Å²) < 4.78 is 0. The van der Waals surface area contributed by atoms with E-state index < -0.39 is 5.69 Å². The van der Waals surface area contributed by atoms with Gasteiger partial charge >= 0.3 is 5.69 Å². The number of thioether (sulfide) groups is 1. The minimum absolute atomic E-state index is 0.109. The van der Waals surface area contributed by atoms with E-state index in [0.717, 1.165) is 18.2 Å². The van der Waals surface area contributed by atoms with Crippen LogP contribution in [0.4, 0.5) is 0 Å². The maximum absolute atomic E-state index is 11.6. The number of amides is 1. The number of nitriles is 1. The summed E-state index contributed by atoms with van der Waals surface area (Å²) in [7, 11) is 0. The molecule has 1 aromatic rings. The van der Waals surface area contributed by atoms with Crippen molar-refractivity contribution >= 4 is 17.7 Å². The summed E-state index contributed by atoms with van der Waals surface area (Å²) >= 11 is 1.09. The van der Waals surface area contributed by atoms with Crippen molar-refractivity contribution in [3.05, 3.63) is 21.7 Å². The highest BCUT2D eigenvalue weighted by atomic mass is 32.2. The number of aromatic nitrogens is 2. The molecule has 0 aliphatic heterocycles. The predicted molar refractivity (Wildman–Crippen MR) is 72.9 cm³/mol. The molecular formula is C12H16N4O2S. The first kappa shape index (κ1) is 15.2. The van der Waals surface area contributed by atoms with E-state index in [1.54, 1.807) is 6.92 Å². The molecule has 1 aromatic heterocycles. The Balaban J connectivity index is 2.76. The number of hydrogen-bond acceptors (Lipinski definition) is 5. The molecule has 0 aromatic carbocycles. The number of H-pyrrole nitrogens is 1. The number of aromatic amines is 1. The van der Waals surface area contributed by atoms with Gasteiger partial charge in [0.2, 0.25) is 5.91 Å². The highest BCUT2D eigenvalue weighted by Gasteiger charge is 2.12. The highest BCUT2D eigenvalue weighted by molar-refractivity contribution is 8.00. The summed E-state index contributed by atoms with van der Waals surface area (Å²) in [5.41, 5.74) is 0.259. The van der Waals surface area contributed by atoms with E-state index in [2.05, 4.69) is 15.3 Å². The van der Waals surface area contributed by atoms with Gasteiger partial charge in [-0.15, -0.1) is 0 Å². The number of aryl methyl sites for hydroxylation is 1. The largest absolute Gasteiger partial charge is 0.353 e. The summed E-state index contributed by atoms with van der Waals surface area (Å²) in [5.74, 6) is -0.00229. The predicted octanol–water partition coefficient (Wildman–Crippen LogP) is 0.957. The molecule has 0 aliphatic carbocycles. The standard InChI is InChI=1S/C12H16N4O2S/c1-4-7(2)14-10(17)6-19-11-9(5-13)8(3)15-12(18)16-11/h7H,4,6H2,1-3H3,(H,14,17)(H,15,16,18)/t7-/m0/s1. The quantitative estimate of drug-likeness (QED) is 0.618. The Morgan fingerprint density at radius 3 is 2.89 bits per heavy atom. The monoisotopic (exact) mass is 280 g/mol. The Bertz CT molecular complexity index is 562. The fourth-order valence-electron chi connectivity index (χ4n) is 1.35. The van der Waals surface area contributed by atoms with Crippen molar-refractivity contribution in [2.75, 3.05) is 5.75 Å². The van der Waals surface area contributed by atoms with Crippen molar-refractivity contribution in [1.29, 1.82) is 5.26 Å². The Labute approximate surface area is 115 Å². The molecule has 1 rings (SSSR count). The van der Waals surface area contributed by atoms with E-state index in [1.165, 1.54) is 0 Å². The first-order valence-corrected chi connectivity index (χ1v) is 6.89. The maximum Gasteiger partial charge on any atom is 0.346 e. The van der Waals surface area contributed by atoms with Crippen LogP contribution >= 0.6 is 11.8 Å². The molecule has 0 saturated carbocycles. The second kappa shape index (κ2) is 6.95. The minimum atomic E-state index is -0.513. The summed E-state index contributed by atoms with van der Waals surface area (Å²) in [6.45, 7) is 5.53. The van der Waals surface area contributed by atoms with E-state index in [0.29, 0.717) is 16.3 Å². The van der Waals surface area contributed by atoms with Crippen LogP contribution in [0, 0.1) is 18.3 Å². The Morgan fingerprint density at radius 1 is 1.63 bits per heavy atom. The van der Waals surface area contributed by atoms with Crippen LogP contribution in [-0.2, 0) is 4.79 Å². The molecule has 0 spiro atoms. The van der Waals surface area contributed by atoms with Crippen molar-refractivity contribution in [3.8, 4) is 6.07 Å². The summed E-state index contributed by atoms with van der Waals surface area (Å²) in [6, 6.07) is 2.09. The third-order valence-corrected chi connectivity index (χ3v) is 3.53. The van der Waals surface area contributed by atoms with Gasteiger partial charge in [0.1, 0.15) is 16.7 Å². The maximum atomic E-state index is 11.6. The van der Waals surface area contributed by atoms with Gasteiger partial charge in [-0.05, 0) is 20.3 Å². The first-order valence-electron chi connectivity index (χ1n) is 5.91. The van der Waals surface area contributed by atoms with Crippen LogP contribution in [0.15, 0.2) is 9.82 Å². The smallest absolute Gasteiger partial charge is 0.346 e. The number of carbonyl (C=O) groups is 1. The highest BCUT2D eigenvalue weighted by Crippen LogP contribution is 2.19. The molecule has 102 valence electrons. The normalized spacial score (nSPS) is 11.7. The van der Waals surface area contributed by atoms with Crippen molar-refractivity contribution < 1.29 is 4.79 Å². The number of rotatable bonds is 5. The second-order valence-electron chi connectivity index (χ2n) is 4.12. The molecular weight excluding hydrogens is 264 g/mol. The zero-order chi connectivity index (χ0) is 14.4. The molecule has 0 unspecified atom stereocenters. The fourth-order valence-corrected chi connectivity index (χ4v) is 2.19. The van der Waals surface area contributed by atoms with Crippen molar-refractivity contribution in [2.24, 2.45) is 0 Å². The summed E-state index contributed by atoms with van der Waals surface area (Å²) in [5, 5.41) is 12.1. The van der Waals surface area contributed by atoms with Gasteiger partial charge in [-0.1, -0.05) is 18.7 Å². The molecule has 0 aliphatic rings. The lowest BCUT2D eigenvalue weighted by atomic mass is 10.3. The molecule has 0 fully saturated rings. The molecule has 1 atom stereocenters. The number of nitrogens with zero attached hydrogens (tertiary/aromatic N) is 2. The minimum Gasteiger partial charge on any atom is -0.353 e. The summed E-state index contributed by atoms with van der Waals surface area (Å²) in [6.07, 6.45) is 0.849. The van der Waals surface area contributed by atoms with E-state index in [9.17, 15) is 9.59 Å². The van der Waals surface area contributed by atoms with Gasteiger partial charge in [-0.3, -0.25) is 4.79 Å². The molecule has 7 heteroatoms. The number of carbonyl (C=O) groups excluding carboxylic acids is 1. The van der Waals surface area contributed by atoms with Gasteiger partial charge < -0.3 is 10.3 Å². The van der Waals surface area contributed by atoms with Crippen molar-refractivity contribution in [1.82, 2.24) is 15.3 Å². The third-order valence-electron chi connectivity index (χ3n) is 2.56. The number of nitrogens with one attached hydrogen (secondary N) is 2. The summed E-state index contributed by atoms with van der Waals surface area (Å²) in [4.78, 5) is 29.1. The fraction of sp³-hybridized carbons (Fsp3) is 0.500. The zero-order valence-electron chi connectivity index (χ0n) is 11.1. The average molecular weight is 280 g/mol. The van der Waals surface area contributed by atoms with Gasteiger partial charge in [0.25, 0.3) is 0 Å². The van der Waals surface area contributed by atoms with E-state index in [-0.39, 0.29) is 17.7 Å². The van der Waals surface area contributed by atoms with Gasteiger partial charge in [0.05, 0.1) is 5.75 Å². The van der Waals surface area contributed by atoms with Crippen LogP contribution in [-0.4, -0.2) is 27.7 Å². The lowest BCUT2D eigenvalue weighted by Gasteiger charge is -2.11. The van der Waals surface area contributed by atoms with Crippen LogP contribution in [0.1, 0.15) is 31.5 Å². The van der Waals surface area contributed by atoms with Crippen LogP contribution in [0.25, 0.3) is 0 Å². The Kier molecular flexibility index (Phi) is 5.57. The molecule has 0 radical (unpaired) electrons. The van der Waals surface area contributed by atoms with Crippen LogP contribution in [0.3, 0.4) is 0 Å². The van der Waals surface area contributed by atoms with Crippen molar-refractivity contribution in [2.45, 2.75) is 38.3 Å². The van der Waals surface area contributed by atoms with Crippen molar-refractivity contribution in [3.63, 3.8) is 0 Å². The molecule has 0 saturated heterocycles. The van der Waals surface area contributed by atoms with Crippen LogP contribution in [0.5, 0.6) is 0 Å². The molecule has 1 heterocycles. The third kappa shape index (κ3) is 4.41. The molecule has 19 heavy (non-hydrogen) atoms. The molecule has 2 N–H and O–H groups in total. The number of hydrogen-bond donors (Lipinski definition) is 2. The SMILES string of the molecule is CC[C@H](C)NC(=O)CSc1nc(=O)[nH]c(C)c1C#N. The van der Waals surface area contributed by atoms with E-state index in [1.807, 2.05) is 19.9 Å². The Hall–Kier alpha value is -1.81. The molecule has 1 amide bonds. The van der Waals surface area contributed by atoms with E-state index >= 15 is 0 Å². The van der Waals surface area contributed by atoms with Gasteiger partial charge in [-0.25, -0.2) is 4.79 Å². The van der Waals surface area contributed by atoms with Crippen LogP contribution in [0.2, 0.25) is 0 Å². The topological polar surface area (TPSA) is 98.6 Å². The van der Waals surface area contributed by atoms with Crippen LogP contribution < -0.4 is 11.0 Å². The van der Waals surface area contributed by atoms with Gasteiger partial charge in [-0.2, -0.15) is 10.2 Å². The molecule has 0 bridgehead atoms.